The van der Waals surface area contributed by atoms with Crippen molar-refractivity contribution in [1.29, 1.82) is 0 Å². The van der Waals surface area contributed by atoms with Gasteiger partial charge >= 0.3 is 24.7 Å². The van der Waals surface area contributed by atoms with Crippen molar-refractivity contribution >= 4 is 0 Å². The second-order valence-corrected chi connectivity index (χ2v) is 7.96. The number of hydrogen-bond donors (Lipinski definition) is 2. The van der Waals surface area contributed by atoms with Gasteiger partial charge in [-0.2, -0.15) is 52.7 Å². The summed E-state index contributed by atoms with van der Waals surface area (Å²) in [4.78, 5) is 0.836. The molecule has 0 spiro atoms. The largest absolute Gasteiger partial charge is 0.427 e. The average Bonchev–Trinajstić information content (AvgIpc) is 2.57. The number of nitrogens with zero attached hydrogens (tertiary/aromatic N) is 2. The van der Waals surface area contributed by atoms with E-state index in [-0.39, 0.29) is 25.7 Å². The topological polar surface area (TPSA) is 46.9 Å². The zero-order valence-corrected chi connectivity index (χ0v) is 16.7. The first-order valence-electron chi connectivity index (χ1n) is 9.12. The second-order valence-electron chi connectivity index (χ2n) is 7.96. The Kier molecular flexibility index (Phi) is 8.15. The van der Waals surface area contributed by atoms with Gasteiger partial charge in [0.2, 0.25) is 0 Å². The van der Waals surface area contributed by atoms with Crippen LogP contribution in [0.2, 0.25) is 0 Å². The molecule has 1 aliphatic carbocycles. The average molecular weight is 502 g/mol. The molecule has 4 nitrogen and oxygen atoms in total. The highest BCUT2D eigenvalue weighted by Crippen LogP contribution is 2.46. The molecule has 0 radical (unpaired) electrons. The van der Waals surface area contributed by atoms with E-state index in [4.69, 9.17) is 0 Å². The predicted octanol–water partition coefficient (Wildman–Crippen LogP) is 3.87. The lowest BCUT2D eigenvalue weighted by atomic mass is 9.86. The van der Waals surface area contributed by atoms with Crippen molar-refractivity contribution in [3.63, 3.8) is 0 Å². The number of rotatable bonds is 6. The summed E-state index contributed by atoms with van der Waals surface area (Å²) in [6.07, 6.45) is -24.5. The molecule has 0 aromatic rings. The quantitative estimate of drug-likeness (QED) is 0.542. The molecule has 0 amide bonds. The summed E-state index contributed by atoms with van der Waals surface area (Å²) in [6, 6.07) is -2.73. The smallest absolute Gasteiger partial charge is 0.373 e. The van der Waals surface area contributed by atoms with Gasteiger partial charge in [-0.1, -0.05) is 12.8 Å². The molecule has 32 heavy (non-hydrogen) atoms. The van der Waals surface area contributed by atoms with Crippen LogP contribution in [-0.4, -0.2) is 95.2 Å². The van der Waals surface area contributed by atoms with E-state index in [1.54, 1.807) is 0 Å². The predicted molar refractivity (Wildman–Crippen MR) is 85.4 cm³/mol. The number of hydrogen-bond acceptors (Lipinski definition) is 4. The van der Waals surface area contributed by atoms with E-state index in [0.717, 1.165) is 14.1 Å². The van der Waals surface area contributed by atoms with Crippen molar-refractivity contribution in [2.75, 3.05) is 27.2 Å². The Morgan fingerprint density at radius 1 is 0.562 bits per heavy atom. The molecule has 1 aliphatic rings. The van der Waals surface area contributed by atoms with Crippen LogP contribution >= 0.6 is 0 Å². The number of alkyl halides is 12. The maximum Gasteiger partial charge on any atom is 0.427 e. The molecule has 2 N–H and O–H groups in total. The van der Waals surface area contributed by atoms with Gasteiger partial charge in [-0.3, -0.25) is 9.80 Å². The first kappa shape index (κ1) is 29.0. The highest BCUT2D eigenvalue weighted by Gasteiger charge is 2.72. The minimum atomic E-state index is -6.15. The first-order valence-corrected chi connectivity index (χ1v) is 9.12. The Balaban J connectivity index is 3.21. The molecule has 0 saturated heterocycles. The van der Waals surface area contributed by atoms with Gasteiger partial charge in [0.25, 0.3) is 11.2 Å². The number of likely N-dealkylation sites (N-methyl/N-ethyl adjacent to an activating group) is 2. The van der Waals surface area contributed by atoms with Crippen LogP contribution < -0.4 is 0 Å². The van der Waals surface area contributed by atoms with Crippen molar-refractivity contribution in [1.82, 2.24) is 9.80 Å². The second kappa shape index (κ2) is 8.98. The lowest BCUT2D eigenvalue weighted by molar-refractivity contribution is -0.374. The molecular formula is C16H22F12N2O2. The van der Waals surface area contributed by atoms with Gasteiger partial charge in [0.05, 0.1) is 0 Å². The summed E-state index contributed by atoms with van der Waals surface area (Å²) in [5, 5.41) is 18.7. The summed E-state index contributed by atoms with van der Waals surface area (Å²) in [6.45, 7) is -4.09. The summed E-state index contributed by atoms with van der Waals surface area (Å²) < 4.78 is 156. The van der Waals surface area contributed by atoms with Crippen LogP contribution in [-0.2, 0) is 0 Å². The fourth-order valence-electron chi connectivity index (χ4n) is 3.76. The molecule has 1 fully saturated rings. The molecule has 0 heterocycles. The Hall–Kier alpha value is -1.00. The van der Waals surface area contributed by atoms with Gasteiger partial charge in [0, 0.05) is 25.2 Å². The van der Waals surface area contributed by atoms with E-state index in [1.165, 1.54) is 0 Å². The first-order chi connectivity index (χ1) is 14.0. The monoisotopic (exact) mass is 502 g/mol. The van der Waals surface area contributed by atoms with Crippen LogP contribution in [0, 0.1) is 0 Å². The van der Waals surface area contributed by atoms with E-state index in [2.05, 4.69) is 0 Å². The Labute approximate surface area is 174 Å². The normalized spacial score (nSPS) is 22.7. The van der Waals surface area contributed by atoms with E-state index in [0.29, 0.717) is 9.80 Å². The molecule has 0 aliphatic heterocycles. The van der Waals surface area contributed by atoms with Crippen LogP contribution in [0.15, 0.2) is 0 Å². The minimum Gasteiger partial charge on any atom is -0.373 e. The molecule has 0 bridgehead atoms. The van der Waals surface area contributed by atoms with Crippen molar-refractivity contribution in [3.05, 3.63) is 0 Å². The van der Waals surface area contributed by atoms with Crippen LogP contribution in [0.1, 0.15) is 25.7 Å². The Morgan fingerprint density at radius 2 is 0.781 bits per heavy atom. The van der Waals surface area contributed by atoms with Crippen LogP contribution in [0.5, 0.6) is 0 Å². The van der Waals surface area contributed by atoms with E-state index in [1.807, 2.05) is 0 Å². The van der Waals surface area contributed by atoms with Gasteiger partial charge in [-0.15, -0.1) is 0 Å². The third kappa shape index (κ3) is 5.55. The van der Waals surface area contributed by atoms with Gasteiger partial charge in [0.1, 0.15) is 0 Å². The Bertz CT molecular complexity index is 546. The van der Waals surface area contributed by atoms with Crippen LogP contribution in [0.3, 0.4) is 0 Å². The van der Waals surface area contributed by atoms with Crippen molar-refractivity contribution in [3.8, 4) is 0 Å². The summed E-state index contributed by atoms with van der Waals surface area (Å²) in [5.41, 5.74) is -10.3. The highest BCUT2D eigenvalue weighted by atomic mass is 19.4. The summed E-state index contributed by atoms with van der Waals surface area (Å²) in [5.74, 6) is 0. The highest BCUT2D eigenvalue weighted by molar-refractivity contribution is 5.01. The third-order valence-electron chi connectivity index (χ3n) is 5.66. The summed E-state index contributed by atoms with van der Waals surface area (Å²) in [7, 11) is 1.50. The van der Waals surface area contributed by atoms with E-state index >= 15 is 0 Å². The van der Waals surface area contributed by atoms with Gasteiger partial charge in [0.15, 0.2) is 0 Å². The standard InChI is InChI=1S/C16H22F12N2O2/c1-29(7-11(31,13(17,18)19)14(20,21)22)9-5-3-4-6-10(9)30(2)8-12(32,15(23,24)25)16(26,27)28/h9-10,31-32H,3-8H2,1-2H3/t9-,10-/m1/s1. The SMILES string of the molecule is CN(CC(O)(C(F)(F)F)C(F)(F)F)[C@@H]1CCCC[C@H]1N(C)CC(O)(C(F)(F)F)C(F)(F)F. The molecule has 16 heteroatoms. The van der Waals surface area contributed by atoms with Gasteiger partial charge < -0.3 is 10.2 Å². The zero-order valence-electron chi connectivity index (χ0n) is 16.7. The molecule has 192 valence electrons. The van der Waals surface area contributed by atoms with Gasteiger partial charge in [-0.05, 0) is 26.9 Å². The molecule has 0 unspecified atom stereocenters. The molecule has 1 saturated carbocycles. The van der Waals surface area contributed by atoms with Gasteiger partial charge in [-0.25, -0.2) is 0 Å². The lowest BCUT2D eigenvalue weighted by Crippen LogP contribution is -2.67. The molecule has 0 aromatic carbocycles. The van der Waals surface area contributed by atoms with Crippen LogP contribution in [0.4, 0.5) is 52.7 Å². The van der Waals surface area contributed by atoms with E-state index in [9.17, 15) is 62.9 Å². The van der Waals surface area contributed by atoms with Crippen molar-refractivity contribution in [2.45, 2.75) is 73.7 Å². The molecule has 0 aromatic heterocycles. The maximum atomic E-state index is 13.0. The van der Waals surface area contributed by atoms with Crippen LogP contribution in [0.25, 0.3) is 0 Å². The summed E-state index contributed by atoms with van der Waals surface area (Å²) >= 11 is 0. The number of aliphatic hydroxyl groups is 2. The minimum absolute atomic E-state index is 0.159. The van der Waals surface area contributed by atoms with Crippen molar-refractivity contribution < 1.29 is 62.9 Å². The number of halogens is 12. The molecular weight excluding hydrogens is 480 g/mol. The maximum absolute atomic E-state index is 13.0. The molecule has 2 atom stereocenters. The zero-order chi connectivity index (χ0) is 25.6. The fraction of sp³-hybridized carbons (Fsp3) is 1.00. The molecule has 1 rings (SSSR count). The van der Waals surface area contributed by atoms with Crippen molar-refractivity contribution in [2.24, 2.45) is 0 Å². The fourth-order valence-corrected chi connectivity index (χ4v) is 3.76. The Morgan fingerprint density at radius 3 is 0.969 bits per heavy atom. The van der Waals surface area contributed by atoms with E-state index < -0.39 is 61.1 Å². The third-order valence-corrected chi connectivity index (χ3v) is 5.66. The lowest BCUT2D eigenvalue weighted by Gasteiger charge is -2.46.